The van der Waals surface area contributed by atoms with Crippen molar-refractivity contribution in [3.8, 4) is 0 Å². The number of imidazole rings is 1. The first-order chi connectivity index (χ1) is 11.0. The van der Waals surface area contributed by atoms with Crippen molar-refractivity contribution in [3.05, 3.63) is 51.6 Å². The molecule has 0 bridgehead atoms. The van der Waals surface area contributed by atoms with Gasteiger partial charge in [-0.2, -0.15) is 0 Å². The molecule has 0 saturated heterocycles. The SMILES string of the molecule is Cc1cc(I)ccc1NC(=O)CSc1[nH]c2ccccc2[n+]1C. The van der Waals surface area contributed by atoms with Gasteiger partial charge in [0.1, 0.15) is 0 Å². The van der Waals surface area contributed by atoms with E-state index in [9.17, 15) is 4.79 Å². The number of benzene rings is 2. The van der Waals surface area contributed by atoms with Crippen LogP contribution < -0.4 is 9.88 Å². The Morgan fingerprint density at radius 3 is 2.83 bits per heavy atom. The van der Waals surface area contributed by atoms with Crippen LogP contribution in [0.25, 0.3) is 11.0 Å². The van der Waals surface area contributed by atoms with Crippen molar-refractivity contribution in [2.24, 2.45) is 7.05 Å². The fourth-order valence-electron chi connectivity index (χ4n) is 2.40. The molecule has 1 heterocycles. The third-order valence-corrected chi connectivity index (χ3v) is 5.34. The Balaban J connectivity index is 1.67. The van der Waals surface area contributed by atoms with Gasteiger partial charge in [-0.15, -0.1) is 0 Å². The Hall–Kier alpha value is -1.54. The summed E-state index contributed by atoms with van der Waals surface area (Å²) in [6.07, 6.45) is 0. The van der Waals surface area contributed by atoms with Crippen molar-refractivity contribution in [3.63, 3.8) is 0 Å². The van der Waals surface area contributed by atoms with E-state index in [0.717, 1.165) is 31.0 Å². The fourth-order valence-corrected chi connectivity index (χ4v) is 3.86. The Morgan fingerprint density at radius 2 is 2.09 bits per heavy atom. The molecular weight excluding hydrogens is 421 g/mol. The van der Waals surface area contributed by atoms with Gasteiger partial charge in [-0.1, -0.05) is 12.1 Å². The molecule has 0 aliphatic rings. The lowest BCUT2D eigenvalue weighted by molar-refractivity contribution is -0.683. The third-order valence-electron chi connectivity index (χ3n) is 3.61. The molecule has 3 rings (SSSR count). The van der Waals surface area contributed by atoms with Gasteiger partial charge < -0.3 is 5.32 Å². The van der Waals surface area contributed by atoms with E-state index in [-0.39, 0.29) is 5.91 Å². The first kappa shape index (κ1) is 16.3. The minimum Gasteiger partial charge on any atom is -0.325 e. The third kappa shape index (κ3) is 3.69. The van der Waals surface area contributed by atoms with Crippen molar-refractivity contribution in [1.82, 2.24) is 4.98 Å². The maximum atomic E-state index is 12.2. The van der Waals surface area contributed by atoms with Crippen LogP contribution in [0.1, 0.15) is 5.56 Å². The highest BCUT2D eigenvalue weighted by Gasteiger charge is 2.17. The number of para-hydroxylation sites is 2. The van der Waals surface area contributed by atoms with Gasteiger partial charge in [0.15, 0.2) is 11.0 Å². The summed E-state index contributed by atoms with van der Waals surface area (Å²) in [5.74, 6) is 0.365. The largest absolute Gasteiger partial charge is 0.325 e. The number of nitrogens with one attached hydrogen (secondary N) is 2. The van der Waals surface area contributed by atoms with Gasteiger partial charge in [-0.3, -0.25) is 4.79 Å². The second kappa shape index (κ2) is 6.92. The van der Waals surface area contributed by atoms with E-state index in [0.29, 0.717) is 5.75 Å². The molecule has 0 saturated carbocycles. The van der Waals surface area contributed by atoms with Gasteiger partial charge >= 0.3 is 5.16 Å². The molecule has 2 N–H and O–H groups in total. The molecule has 3 aromatic rings. The Morgan fingerprint density at radius 1 is 1.30 bits per heavy atom. The summed E-state index contributed by atoms with van der Waals surface area (Å²) in [5, 5.41) is 3.95. The van der Waals surface area contributed by atoms with Crippen molar-refractivity contribution in [2.45, 2.75) is 12.1 Å². The predicted octanol–water partition coefficient (Wildman–Crippen LogP) is 3.64. The Labute approximate surface area is 152 Å². The Kier molecular flexibility index (Phi) is 4.91. The van der Waals surface area contributed by atoms with Gasteiger partial charge in [0, 0.05) is 9.26 Å². The van der Waals surface area contributed by atoms with Crippen LogP contribution in [0.15, 0.2) is 47.6 Å². The number of carbonyl (C=O) groups excluding carboxylic acids is 1. The molecule has 0 aliphatic carbocycles. The number of carbonyl (C=O) groups is 1. The lowest BCUT2D eigenvalue weighted by Crippen LogP contribution is -2.29. The average molecular weight is 438 g/mol. The number of aromatic amines is 1. The van der Waals surface area contributed by atoms with Crippen LogP contribution in [-0.4, -0.2) is 16.6 Å². The fraction of sp³-hybridized carbons (Fsp3) is 0.176. The summed E-state index contributed by atoms with van der Waals surface area (Å²) in [6, 6.07) is 14.1. The molecule has 1 aromatic heterocycles. The number of hydrogen-bond donors (Lipinski definition) is 2. The van der Waals surface area contributed by atoms with Crippen LogP contribution in [0.5, 0.6) is 0 Å². The van der Waals surface area contributed by atoms with Crippen molar-refractivity contribution >= 4 is 57.0 Å². The molecule has 0 spiro atoms. The van der Waals surface area contributed by atoms with E-state index < -0.39 is 0 Å². The summed E-state index contributed by atoms with van der Waals surface area (Å²) in [6.45, 7) is 2.00. The molecule has 2 aromatic carbocycles. The first-order valence-corrected chi connectivity index (χ1v) is 9.26. The molecule has 0 fully saturated rings. The van der Waals surface area contributed by atoms with Crippen LogP contribution >= 0.6 is 34.4 Å². The number of hydrogen-bond acceptors (Lipinski definition) is 2. The van der Waals surface area contributed by atoms with E-state index in [2.05, 4.69) is 49.6 Å². The molecular formula is C17H17IN3OS+. The molecule has 4 nitrogen and oxygen atoms in total. The summed E-state index contributed by atoms with van der Waals surface area (Å²) in [5.41, 5.74) is 4.15. The summed E-state index contributed by atoms with van der Waals surface area (Å²) < 4.78 is 3.24. The second-order valence-corrected chi connectivity index (χ2v) is 7.51. The molecule has 23 heavy (non-hydrogen) atoms. The summed E-state index contributed by atoms with van der Waals surface area (Å²) in [4.78, 5) is 15.5. The number of H-pyrrole nitrogens is 1. The topological polar surface area (TPSA) is 48.8 Å². The quantitative estimate of drug-likeness (QED) is 0.371. The van der Waals surface area contributed by atoms with Gasteiger partial charge in [0.05, 0.1) is 12.8 Å². The number of anilines is 1. The predicted molar refractivity (Wildman–Crippen MR) is 103 cm³/mol. The maximum Gasteiger partial charge on any atom is 0.317 e. The maximum absolute atomic E-state index is 12.2. The molecule has 6 heteroatoms. The summed E-state index contributed by atoms with van der Waals surface area (Å²) >= 11 is 3.77. The van der Waals surface area contributed by atoms with E-state index in [4.69, 9.17) is 0 Å². The number of nitrogens with zero attached hydrogens (tertiary/aromatic N) is 1. The van der Waals surface area contributed by atoms with E-state index in [1.807, 2.05) is 44.3 Å². The molecule has 0 unspecified atom stereocenters. The smallest absolute Gasteiger partial charge is 0.317 e. The summed E-state index contributed by atoms with van der Waals surface area (Å²) in [7, 11) is 2.00. The van der Waals surface area contributed by atoms with Gasteiger partial charge in [-0.05, 0) is 77.2 Å². The number of fused-ring (bicyclic) bond motifs is 1. The van der Waals surface area contributed by atoms with E-state index in [1.54, 1.807) is 0 Å². The van der Waals surface area contributed by atoms with Gasteiger partial charge in [-0.25, -0.2) is 9.55 Å². The van der Waals surface area contributed by atoms with E-state index >= 15 is 0 Å². The monoisotopic (exact) mass is 438 g/mol. The zero-order valence-corrected chi connectivity index (χ0v) is 15.9. The minimum atomic E-state index is -0.00188. The number of thioether (sulfide) groups is 1. The number of halogens is 1. The van der Waals surface area contributed by atoms with Crippen LogP contribution in [0.3, 0.4) is 0 Å². The highest BCUT2D eigenvalue weighted by atomic mass is 127. The van der Waals surface area contributed by atoms with Crippen molar-refractivity contribution in [2.75, 3.05) is 11.1 Å². The Bertz CT molecular complexity index is 875. The highest BCUT2D eigenvalue weighted by Crippen LogP contribution is 2.20. The lowest BCUT2D eigenvalue weighted by atomic mass is 10.2. The van der Waals surface area contributed by atoms with Gasteiger partial charge in [0.25, 0.3) is 0 Å². The number of aromatic nitrogens is 2. The van der Waals surface area contributed by atoms with Crippen LogP contribution in [0.2, 0.25) is 0 Å². The van der Waals surface area contributed by atoms with Crippen LogP contribution in [-0.2, 0) is 11.8 Å². The zero-order valence-electron chi connectivity index (χ0n) is 12.9. The lowest BCUT2D eigenvalue weighted by Gasteiger charge is -2.07. The van der Waals surface area contributed by atoms with Crippen molar-refractivity contribution in [1.29, 1.82) is 0 Å². The number of amides is 1. The highest BCUT2D eigenvalue weighted by molar-refractivity contribution is 14.1. The van der Waals surface area contributed by atoms with Crippen LogP contribution in [0.4, 0.5) is 5.69 Å². The second-order valence-electron chi connectivity index (χ2n) is 5.30. The number of rotatable bonds is 4. The normalized spacial score (nSPS) is 10.9. The van der Waals surface area contributed by atoms with Gasteiger partial charge in [0.2, 0.25) is 5.91 Å². The molecule has 118 valence electrons. The first-order valence-electron chi connectivity index (χ1n) is 7.20. The molecule has 0 aliphatic heterocycles. The standard InChI is InChI=1S/C17H16IN3OS/c1-11-9-12(18)7-8-13(11)19-16(22)10-23-17-20-14-5-3-4-6-15(14)21(17)2/h3-9H,10H2,1-2H3,(H,19,22)/p+1. The zero-order chi connectivity index (χ0) is 16.4. The van der Waals surface area contributed by atoms with Crippen LogP contribution in [0, 0.1) is 10.5 Å². The minimum absolute atomic E-state index is 0.00188. The number of aryl methyl sites for hydroxylation is 2. The average Bonchev–Trinajstić information content (AvgIpc) is 2.85. The molecule has 0 radical (unpaired) electrons. The molecule has 1 amide bonds. The van der Waals surface area contributed by atoms with Crippen molar-refractivity contribution < 1.29 is 9.36 Å². The van der Waals surface area contributed by atoms with E-state index in [1.165, 1.54) is 11.8 Å². The molecule has 0 atom stereocenters.